The number of aliphatic imine (C=N–C) groups is 1. The minimum absolute atomic E-state index is 0. The highest BCUT2D eigenvalue weighted by Crippen LogP contribution is 2.05. The van der Waals surface area contributed by atoms with Crippen LogP contribution in [-0.4, -0.2) is 50.0 Å². The predicted octanol–water partition coefficient (Wildman–Crippen LogP) is 3.16. The van der Waals surface area contributed by atoms with Crippen molar-refractivity contribution in [1.29, 1.82) is 0 Å². The zero-order chi connectivity index (χ0) is 17.0. The van der Waals surface area contributed by atoms with Crippen molar-refractivity contribution in [3.63, 3.8) is 0 Å². The summed E-state index contributed by atoms with van der Waals surface area (Å²) in [4.78, 5) is 17.6. The van der Waals surface area contributed by atoms with Crippen LogP contribution in [-0.2, 0) is 4.79 Å². The Kier molecular flexibility index (Phi) is 15.7. The molecule has 0 saturated carbocycles. The lowest BCUT2D eigenvalue weighted by atomic mass is 10.1. The van der Waals surface area contributed by atoms with E-state index in [1.54, 1.807) is 19.0 Å². The molecule has 0 spiro atoms. The predicted molar refractivity (Wildman–Crippen MR) is 111 cm³/mol. The molecule has 0 radical (unpaired) electrons. The maximum absolute atomic E-state index is 11.7. The number of likely N-dealkylation sites (N-methyl/N-ethyl adjacent to an activating group) is 1. The van der Waals surface area contributed by atoms with Crippen LogP contribution in [0.5, 0.6) is 0 Å². The molecule has 0 aromatic carbocycles. The average molecular weight is 438 g/mol. The van der Waals surface area contributed by atoms with Crippen molar-refractivity contribution in [3.8, 4) is 0 Å². The summed E-state index contributed by atoms with van der Waals surface area (Å²) in [5.41, 5.74) is 1.03. The van der Waals surface area contributed by atoms with Crippen LogP contribution >= 0.6 is 24.0 Å². The Morgan fingerprint density at radius 3 is 2.43 bits per heavy atom. The molecule has 0 heterocycles. The second kappa shape index (κ2) is 14.8. The van der Waals surface area contributed by atoms with Gasteiger partial charge < -0.3 is 15.5 Å². The monoisotopic (exact) mass is 438 g/mol. The molecule has 0 aliphatic rings. The zero-order valence-corrected chi connectivity index (χ0v) is 17.8. The van der Waals surface area contributed by atoms with Gasteiger partial charge in [-0.25, -0.2) is 4.99 Å². The minimum Gasteiger partial charge on any atom is -0.354 e. The van der Waals surface area contributed by atoms with Gasteiger partial charge in [-0.1, -0.05) is 44.8 Å². The van der Waals surface area contributed by atoms with Gasteiger partial charge in [-0.05, 0) is 20.3 Å². The molecule has 1 unspecified atom stereocenters. The van der Waals surface area contributed by atoms with Crippen LogP contribution in [0.2, 0.25) is 0 Å². The van der Waals surface area contributed by atoms with Gasteiger partial charge in [0.2, 0.25) is 5.91 Å². The zero-order valence-electron chi connectivity index (χ0n) is 15.4. The van der Waals surface area contributed by atoms with Crippen molar-refractivity contribution >= 4 is 35.8 Å². The third-order valence-electron chi connectivity index (χ3n) is 3.30. The largest absolute Gasteiger partial charge is 0.354 e. The van der Waals surface area contributed by atoms with Crippen molar-refractivity contribution in [2.45, 2.75) is 58.9 Å². The first-order valence-corrected chi connectivity index (χ1v) is 8.26. The van der Waals surface area contributed by atoms with E-state index in [2.05, 4.69) is 36.1 Å². The van der Waals surface area contributed by atoms with Crippen LogP contribution in [0.1, 0.15) is 52.9 Å². The SMILES string of the molecule is C=C(C)CNC(=NCC(=O)N(C)C)NC(C)CCCCCC.I. The standard InChI is InChI=1S/C17H34N4O.HI/c1-7-8-9-10-11-15(4)20-17(18-12-14(2)3)19-13-16(22)21(5)6;/h15H,2,7-13H2,1,3-6H3,(H2,18,19,20);1H. The Bertz CT molecular complexity index is 370. The minimum atomic E-state index is -0.00739. The molecule has 0 bridgehead atoms. The number of carbonyl (C=O) groups excluding carboxylic acids is 1. The summed E-state index contributed by atoms with van der Waals surface area (Å²) in [5.74, 6) is 0.674. The lowest BCUT2D eigenvalue weighted by molar-refractivity contribution is -0.127. The maximum atomic E-state index is 11.7. The van der Waals surface area contributed by atoms with Crippen molar-refractivity contribution in [2.24, 2.45) is 4.99 Å². The molecule has 1 atom stereocenters. The number of hydrogen-bond acceptors (Lipinski definition) is 2. The Morgan fingerprint density at radius 1 is 1.26 bits per heavy atom. The second-order valence-electron chi connectivity index (χ2n) is 6.16. The molecule has 2 N–H and O–H groups in total. The van der Waals surface area contributed by atoms with E-state index in [1.165, 1.54) is 25.7 Å². The van der Waals surface area contributed by atoms with E-state index in [9.17, 15) is 4.79 Å². The van der Waals surface area contributed by atoms with E-state index in [4.69, 9.17) is 0 Å². The average Bonchev–Trinajstić information content (AvgIpc) is 2.45. The molecule has 0 aromatic heterocycles. The first-order valence-electron chi connectivity index (χ1n) is 8.26. The number of unbranched alkanes of at least 4 members (excludes halogenated alkanes) is 3. The lowest BCUT2D eigenvalue weighted by Gasteiger charge is -2.19. The van der Waals surface area contributed by atoms with Crippen LogP contribution in [0, 0.1) is 0 Å². The first kappa shape index (κ1) is 24.5. The van der Waals surface area contributed by atoms with E-state index in [-0.39, 0.29) is 36.4 Å². The molecular weight excluding hydrogens is 403 g/mol. The molecular formula is C17H35IN4O. The second-order valence-corrected chi connectivity index (χ2v) is 6.16. The molecule has 0 rings (SSSR count). The molecule has 136 valence electrons. The highest BCUT2D eigenvalue weighted by atomic mass is 127. The summed E-state index contributed by atoms with van der Waals surface area (Å²) in [6.07, 6.45) is 6.13. The van der Waals surface area contributed by atoms with Crippen LogP contribution in [0.15, 0.2) is 17.1 Å². The molecule has 23 heavy (non-hydrogen) atoms. The van der Waals surface area contributed by atoms with E-state index in [1.807, 2.05) is 6.92 Å². The highest BCUT2D eigenvalue weighted by Gasteiger charge is 2.07. The Hall–Kier alpha value is -0.790. The van der Waals surface area contributed by atoms with Gasteiger partial charge >= 0.3 is 0 Å². The van der Waals surface area contributed by atoms with Crippen LogP contribution in [0.3, 0.4) is 0 Å². The highest BCUT2D eigenvalue weighted by molar-refractivity contribution is 14.0. The Labute approximate surface area is 159 Å². The summed E-state index contributed by atoms with van der Waals surface area (Å²) in [6, 6.07) is 0.336. The first-order chi connectivity index (χ1) is 10.4. The fraction of sp³-hybridized carbons (Fsp3) is 0.765. The van der Waals surface area contributed by atoms with E-state index in [0.717, 1.165) is 12.0 Å². The van der Waals surface area contributed by atoms with E-state index >= 15 is 0 Å². The number of rotatable bonds is 10. The fourth-order valence-electron chi connectivity index (χ4n) is 1.86. The Morgan fingerprint density at radius 2 is 1.91 bits per heavy atom. The molecule has 6 heteroatoms. The number of amides is 1. The number of hydrogen-bond donors (Lipinski definition) is 2. The third-order valence-corrected chi connectivity index (χ3v) is 3.30. The van der Waals surface area contributed by atoms with Crippen molar-refractivity contribution in [3.05, 3.63) is 12.2 Å². The van der Waals surface area contributed by atoms with E-state index in [0.29, 0.717) is 18.5 Å². The Balaban J connectivity index is 0. The van der Waals surface area contributed by atoms with Crippen molar-refractivity contribution < 1.29 is 4.79 Å². The van der Waals surface area contributed by atoms with Gasteiger partial charge in [0.1, 0.15) is 6.54 Å². The molecule has 0 aliphatic carbocycles. The fourth-order valence-corrected chi connectivity index (χ4v) is 1.86. The van der Waals surface area contributed by atoms with E-state index < -0.39 is 0 Å². The summed E-state index contributed by atoms with van der Waals surface area (Å²) in [5, 5.41) is 6.59. The molecule has 0 aromatic rings. The van der Waals surface area contributed by atoms with Gasteiger partial charge in [-0.3, -0.25) is 4.79 Å². The summed E-state index contributed by atoms with van der Waals surface area (Å²) in [7, 11) is 3.48. The summed E-state index contributed by atoms with van der Waals surface area (Å²) < 4.78 is 0. The van der Waals surface area contributed by atoms with Crippen molar-refractivity contribution in [1.82, 2.24) is 15.5 Å². The summed E-state index contributed by atoms with van der Waals surface area (Å²) >= 11 is 0. The van der Waals surface area contributed by atoms with Crippen LogP contribution in [0.25, 0.3) is 0 Å². The third kappa shape index (κ3) is 14.5. The van der Waals surface area contributed by atoms with Gasteiger partial charge in [0.15, 0.2) is 5.96 Å². The molecule has 0 aliphatic heterocycles. The molecule has 1 amide bonds. The smallest absolute Gasteiger partial charge is 0.243 e. The van der Waals surface area contributed by atoms with Gasteiger partial charge in [0, 0.05) is 26.7 Å². The van der Waals surface area contributed by atoms with Crippen LogP contribution < -0.4 is 10.6 Å². The number of carbonyl (C=O) groups is 1. The van der Waals surface area contributed by atoms with Gasteiger partial charge in [-0.2, -0.15) is 0 Å². The number of guanidine groups is 1. The van der Waals surface area contributed by atoms with Gasteiger partial charge in [0.05, 0.1) is 0 Å². The quantitative estimate of drug-likeness (QED) is 0.181. The normalized spacial score (nSPS) is 12.1. The van der Waals surface area contributed by atoms with Crippen LogP contribution in [0.4, 0.5) is 0 Å². The van der Waals surface area contributed by atoms with Gasteiger partial charge in [0.25, 0.3) is 0 Å². The number of nitrogens with zero attached hydrogens (tertiary/aromatic N) is 2. The molecule has 5 nitrogen and oxygen atoms in total. The van der Waals surface area contributed by atoms with Gasteiger partial charge in [-0.15, -0.1) is 24.0 Å². The number of nitrogens with one attached hydrogen (secondary N) is 2. The molecule has 0 saturated heterocycles. The molecule has 0 fully saturated rings. The van der Waals surface area contributed by atoms with Crippen molar-refractivity contribution in [2.75, 3.05) is 27.2 Å². The maximum Gasteiger partial charge on any atom is 0.243 e. The summed E-state index contributed by atoms with van der Waals surface area (Å²) in [6.45, 7) is 11.0. The number of halogens is 1. The topological polar surface area (TPSA) is 56.7 Å². The lowest BCUT2D eigenvalue weighted by Crippen LogP contribution is -2.43.